The van der Waals surface area contributed by atoms with Crippen molar-refractivity contribution in [1.82, 2.24) is 14.5 Å². The van der Waals surface area contributed by atoms with Crippen LogP contribution in [0, 0.1) is 5.95 Å². The first kappa shape index (κ1) is 8.83. The van der Waals surface area contributed by atoms with Crippen LogP contribution in [0.3, 0.4) is 0 Å². The molecule has 0 saturated heterocycles. The van der Waals surface area contributed by atoms with E-state index in [4.69, 9.17) is 0 Å². The quantitative estimate of drug-likeness (QED) is 0.669. The zero-order chi connectivity index (χ0) is 10.4. The van der Waals surface area contributed by atoms with Gasteiger partial charge in [0.25, 0.3) is 0 Å². The number of imidazole rings is 1. The molecule has 0 amide bonds. The zero-order valence-corrected chi connectivity index (χ0v) is 8.57. The highest BCUT2D eigenvalue weighted by molar-refractivity contribution is 5.71. The van der Waals surface area contributed by atoms with Crippen LogP contribution in [0.2, 0.25) is 0 Å². The minimum atomic E-state index is -0.458. The summed E-state index contributed by atoms with van der Waals surface area (Å²) in [6, 6.07) is 3.13. The first-order valence-corrected chi connectivity index (χ1v) is 5.24. The maximum absolute atomic E-state index is 12.9. The summed E-state index contributed by atoms with van der Waals surface area (Å²) in [6.07, 6.45) is 3.66. The van der Waals surface area contributed by atoms with E-state index in [-0.39, 0.29) is 0 Å². The van der Waals surface area contributed by atoms with E-state index in [0.29, 0.717) is 11.6 Å². The Hall–Kier alpha value is -1.45. The number of halogens is 1. The van der Waals surface area contributed by atoms with Crippen LogP contribution in [0.1, 0.15) is 31.0 Å². The van der Waals surface area contributed by atoms with Gasteiger partial charge in [0.05, 0.1) is 5.52 Å². The average molecular weight is 205 g/mol. The van der Waals surface area contributed by atoms with Gasteiger partial charge >= 0.3 is 0 Å². The van der Waals surface area contributed by atoms with Crippen LogP contribution in [-0.2, 0) is 7.05 Å². The van der Waals surface area contributed by atoms with Crippen molar-refractivity contribution in [2.75, 3.05) is 0 Å². The summed E-state index contributed by atoms with van der Waals surface area (Å²) < 4.78 is 14.9. The Bertz CT molecular complexity index is 514. The first-order chi connectivity index (χ1) is 7.25. The van der Waals surface area contributed by atoms with Crippen LogP contribution in [0.5, 0.6) is 0 Å². The molecule has 3 rings (SSSR count). The Kier molecular flexibility index (Phi) is 1.78. The number of nitrogens with zero attached hydrogens (tertiary/aromatic N) is 3. The average Bonchev–Trinajstić information content (AvgIpc) is 2.41. The van der Waals surface area contributed by atoms with Crippen molar-refractivity contribution >= 4 is 11.2 Å². The molecule has 1 aliphatic rings. The fourth-order valence-corrected chi connectivity index (χ4v) is 2.10. The normalized spacial score (nSPS) is 16.9. The molecule has 0 aliphatic heterocycles. The smallest absolute Gasteiger partial charge is 0.215 e. The van der Waals surface area contributed by atoms with E-state index < -0.39 is 5.95 Å². The molecule has 0 spiro atoms. The standard InChI is InChI=1S/C11H12FN3/c1-15-8-5-6-9(12)13-10(8)14-11(15)7-3-2-4-7/h5-7H,2-4H2,1H3. The van der Waals surface area contributed by atoms with Gasteiger partial charge in [-0.2, -0.15) is 9.37 Å². The monoisotopic (exact) mass is 205 g/mol. The van der Waals surface area contributed by atoms with Crippen molar-refractivity contribution in [2.45, 2.75) is 25.2 Å². The van der Waals surface area contributed by atoms with E-state index in [0.717, 1.165) is 11.3 Å². The van der Waals surface area contributed by atoms with Crippen molar-refractivity contribution in [2.24, 2.45) is 7.05 Å². The number of hydrogen-bond acceptors (Lipinski definition) is 2. The summed E-state index contributed by atoms with van der Waals surface area (Å²) >= 11 is 0. The molecule has 0 N–H and O–H groups in total. The van der Waals surface area contributed by atoms with Gasteiger partial charge in [-0.15, -0.1) is 0 Å². The topological polar surface area (TPSA) is 30.7 Å². The molecule has 0 atom stereocenters. The third-order valence-corrected chi connectivity index (χ3v) is 3.22. The molecule has 0 unspecified atom stereocenters. The Balaban J connectivity index is 2.19. The summed E-state index contributed by atoms with van der Waals surface area (Å²) in [7, 11) is 1.97. The maximum atomic E-state index is 12.9. The van der Waals surface area contributed by atoms with E-state index in [9.17, 15) is 4.39 Å². The molecular weight excluding hydrogens is 193 g/mol. The largest absolute Gasteiger partial charge is 0.330 e. The summed E-state index contributed by atoms with van der Waals surface area (Å²) in [5.41, 5.74) is 1.44. The molecule has 2 aromatic rings. The predicted octanol–water partition coefficient (Wildman–Crippen LogP) is 2.37. The van der Waals surface area contributed by atoms with Crippen molar-refractivity contribution in [1.29, 1.82) is 0 Å². The molecular formula is C11H12FN3. The Labute approximate surface area is 87.0 Å². The molecule has 2 aromatic heterocycles. The Morgan fingerprint density at radius 3 is 2.80 bits per heavy atom. The molecule has 1 fully saturated rings. The van der Waals surface area contributed by atoms with Crippen LogP contribution < -0.4 is 0 Å². The van der Waals surface area contributed by atoms with Gasteiger partial charge in [-0.25, -0.2) is 4.98 Å². The van der Waals surface area contributed by atoms with E-state index in [1.165, 1.54) is 25.3 Å². The summed E-state index contributed by atoms with van der Waals surface area (Å²) in [4.78, 5) is 8.21. The number of hydrogen-bond donors (Lipinski definition) is 0. The fraction of sp³-hybridized carbons (Fsp3) is 0.455. The molecule has 0 radical (unpaired) electrons. The predicted molar refractivity (Wildman–Crippen MR) is 55.1 cm³/mol. The van der Waals surface area contributed by atoms with Crippen LogP contribution in [0.15, 0.2) is 12.1 Å². The molecule has 2 heterocycles. The highest BCUT2D eigenvalue weighted by Crippen LogP contribution is 2.36. The number of fused-ring (bicyclic) bond motifs is 1. The molecule has 15 heavy (non-hydrogen) atoms. The summed E-state index contributed by atoms with van der Waals surface area (Å²) in [5, 5.41) is 0. The maximum Gasteiger partial charge on any atom is 0.215 e. The minimum Gasteiger partial charge on any atom is -0.330 e. The number of aryl methyl sites for hydroxylation is 1. The summed E-state index contributed by atoms with van der Waals surface area (Å²) in [5.74, 6) is 1.14. The number of rotatable bonds is 1. The van der Waals surface area contributed by atoms with Crippen LogP contribution in [0.4, 0.5) is 4.39 Å². The third-order valence-electron chi connectivity index (χ3n) is 3.22. The van der Waals surface area contributed by atoms with Crippen molar-refractivity contribution in [3.8, 4) is 0 Å². The van der Waals surface area contributed by atoms with Crippen molar-refractivity contribution < 1.29 is 4.39 Å². The van der Waals surface area contributed by atoms with Gasteiger partial charge in [-0.05, 0) is 25.0 Å². The van der Waals surface area contributed by atoms with E-state index in [2.05, 4.69) is 9.97 Å². The lowest BCUT2D eigenvalue weighted by Gasteiger charge is -2.24. The first-order valence-electron chi connectivity index (χ1n) is 5.24. The molecule has 78 valence electrons. The van der Waals surface area contributed by atoms with Gasteiger partial charge < -0.3 is 4.57 Å². The van der Waals surface area contributed by atoms with Gasteiger partial charge in [0.15, 0.2) is 5.65 Å². The van der Waals surface area contributed by atoms with E-state index in [1.54, 1.807) is 6.07 Å². The Morgan fingerprint density at radius 1 is 1.33 bits per heavy atom. The lowest BCUT2D eigenvalue weighted by atomic mass is 9.85. The van der Waals surface area contributed by atoms with E-state index in [1.807, 2.05) is 11.6 Å². The second kappa shape index (κ2) is 3.02. The number of pyridine rings is 1. The van der Waals surface area contributed by atoms with Crippen molar-refractivity contribution in [3.05, 3.63) is 23.9 Å². The van der Waals surface area contributed by atoms with Crippen LogP contribution in [-0.4, -0.2) is 14.5 Å². The van der Waals surface area contributed by atoms with Crippen molar-refractivity contribution in [3.63, 3.8) is 0 Å². The lowest BCUT2D eigenvalue weighted by molar-refractivity contribution is 0.394. The SMILES string of the molecule is Cn1c(C2CCC2)nc2nc(F)ccc21. The molecule has 3 nitrogen and oxygen atoms in total. The van der Waals surface area contributed by atoms with Gasteiger partial charge in [-0.3, -0.25) is 0 Å². The van der Waals surface area contributed by atoms with Gasteiger partial charge in [-0.1, -0.05) is 6.42 Å². The molecule has 1 saturated carbocycles. The van der Waals surface area contributed by atoms with Gasteiger partial charge in [0.2, 0.25) is 5.95 Å². The zero-order valence-electron chi connectivity index (χ0n) is 8.57. The van der Waals surface area contributed by atoms with Crippen LogP contribution >= 0.6 is 0 Å². The molecule has 4 heteroatoms. The molecule has 1 aliphatic carbocycles. The second-order valence-electron chi connectivity index (χ2n) is 4.13. The highest BCUT2D eigenvalue weighted by Gasteiger charge is 2.24. The molecule has 0 bridgehead atoms. The summed E-state index contributed by atoms with van der Waals surface area (Å²) in [6.45, 7) is 0. The molecule has 0 aromatic carbocycles. The fourth-order valence-electron chi connectivity index (χ4n) is 2.10. The Morgan fingerprint density at radius 2 is 2.13 bits per heavy atom. The highest BCUT2D eigenvalue weighted by atomic mass is 19.1. The van der Waals surface area contributed by atoms with Gasteiger partial charge in [0.1, 0.15) is 5.82 Å². The van der Waals surface area contributed by atoms with Gasteiger partial charge in [0, 0.05) is 13.0 Å². The lowest BCUT2D eigenvalue weighted by Crippen LogP contribution is -2.13. The van der Waals surface area contributed by atoms with Crippen LogP contribution in [0.25, 0.3) is 11.2 Å². The second-order valence-corrected chi connectivity index (χ2v) is 4.13. The third kappa shape index (κ3) is 1.24. The van der Waals surface area contributed by atoms with E-state index >= 15 is 0 Å². The number of aromatic nitrogens is 3. The minimum absolute atomic E-state index is 0.458.